The van der Waals surface area contributed by atoms with Crippen LogP contribution in [0, 0.1) is 10.1 Å². The predicted molar refractivity (Wildman–Crippen MR) is 102 cm³/mol. The van der Waals surface area contributed by atoms with Crippen LogP contribution in [0.1, 0.15) is 0 Å². The molecular weight excluding hydrogens is 426 g/mol. The van der Waals surface area contributed by atoms with Crippen LogP contribution in [0.4, 0.5) is 17.2 Å². The van der Waals surface area contributed by atoms with Gasteiger partial charge >= 0.3 is 5.69 Å². The number of carbonyl (C=O) groups is 1. The minimum atomic E-state index is -3.91. The van der Waals surface area contributed by atoms with E-state index < -0.39 is 20.9 Å². The van der Waals surface area contributed by atoms with Crippen LogP contribution in [0.2, 0.25) is 5.15 Å². The van der Waals surface area contributed by atoms with E-state index in [4.69, 9.17) is 11.6 Å². The fourth-order valence-electron chi connectivity index (χ4n) is 2.17. The van der Waals surface area contributed by atoms with E-state index in [2.05, 4.69) is 25.3 Å². The molecule has 0 saturated carbocycles. The van der Waals surface area contributed by atoms with Crippen molar-refractivity contribution >= 4 is 44.7 Å². The van der Waals surface area contributed by atoms with Gasteiger partial charge in [-0.25, -0.2) is 8.42 Å². The smallest absolute Gasteiger partial charge is 0.307 e. The number of amides is 1. The Kier molecular flexibility index (Phi) is 5.70. The molecule has 3 rings (SSSR count). The summed E-state index contributed by atoms with van der Waals surface area (Å²) in [6.45, 7) is -0.245. The molecule has 1 amide bonds. The van der Waals surface area contributed by atoms with Gasteiger partial charge in [0.05, 0.1) is 9.82 Å². The zero-order valence-corrected chi connectivity index (χ0v) is 16.0. The van der Waals surface area contributed by atoms with E-state index in [-0.39, 0.29) is 28.1 Å². The quantitative estimate of drug-likeness (QED) is 0.416. The van der Waals surface area contributed by atoms with Gasteiger partial charge in [0.1, 0.15) is 18.9 Å². The summed E-state index contributed by atoms with van der Waals surface area (Å²) < 4.78 is 28.1. The minimum Gasteiger partial charge on any atom is -0.324 e. The van der Waals surface area contributed by atoms with Gasteiger partial charge in [0, 0.05) is 5.69 Å². The lowest BCUT2D eigenvalue weighted by atomic mass is 10.3. The summed E-state index contributed by atoms with van der Waals surface area (Å²) in [5.41, 5.74) is 0.104. The standard InChI is InChI=1S/C15H12ClN7O5S/c16-13-5-6-14(20-19-13)21-29(27,28)12-3-1-10(2-4-12)18-15(24)9-22-8-11(7-17-22)23(25)26/h1-8H,9H2,(H,18,24)(H,20,21). The number of halogens is 1. The third-order valence-electron chi connectivity index (χ3n) is 3.46. The van der Waals surface area contributed by atoms with Crippen molar-refractivity contribution in [2.24, 2.45) is 0 Å². The van der Waals surface area contributed by atoms with Gasteiger partial charge in [0.15, 0.2) is 11.0 Å². The summed E-state index contributed by atoms with van der Waals surface area (Å²) in [6.07, 6.45) is 2.16. The molecule has 0 atom stereocenters. The van der Waals surface area contributed by atoms with Crippen LogP contribution >= 0.6 is 11.6 Å². The molecule has 2 N–H and O–H groups in total. The lowest BCUT2D eigenvalue weighted by Crippen LogP contribution is -2.19. The molecule has 0 radical (unpaired) electrons. The molecule has 12 nitrogen and oxygen atoms in total. The number of benzene rings is 1. The Balaban J connectivity index is 1.63. The second-order valence-corrected chi connectivity index (χ2v) is 7.64. The maximum Gasteiger partial charge on any atom is 0.307 e. The third kappa shape index (κ3) is 5.24. The second kappa shape index (κ2) is 8.20. The SMILES string of the molecule is O=C(Cn1cc([N+](=O)[O-])cn1)Nc1ccc(S(=O)(=O)Nc2ccc(Cl)nn2)cc1. The first-order valence-electron chi connectivity index (χ1n) is 7.82. The first-order chi connectivity index (χ1) is 13.7. The topological polar surface area (TPSA) is 162 Å². The Labute approximate surface area is 168 Å². The highest BCUT2D eigenvalue weighted by molar-refractivity contribution is 7.92. The van der Waals surface area contributed by atoms with Crippen LogP contribution in [0.15, 0.2) is 53.7 Å². The van der Waals surface area contributed by atoms with Crippen molar-refractivity contribution in [1.29, 1.82) is 0 Å². The third-order valence-corrected chi connectivity index (χ3v) is 5.03. The van der Waals surface area contributed by atoms with E-state index in [1.54, 1.807) is 0 Å². The number of aromatic nitrogens is 4. The van der Waals surface area contributed by atoms with E-state index in [0.717, 1.165) is 17.1 Å². The zero-order chi connectivity index (χ0) is 21.0. The molecule has 0 fully saturated rings. The van der Waals surface area contributed by atoms with Gasteiger partial charge in [0.25, 0.3) is 10.0 Å². The molecule has 14 heteroatoms. The normalized spacial score (nSPS) is 11.1. The Hall–Kier alpha value is -3.58. The van der Waals surface area contributed by atoms with Crippen LogP contribution in [0.25, 0.3) is 0 Å². The number of sulfonamides is 1. The Morgan fingerprint density at radius 3 is 2.48 bits per heavy atom. The monoisotopic (exact) mass is 437 g/mol. The molecule has 0 bridgehead atoms. The average molecular weight is 438 g/mol. The molecule has 29 heavy (non-hydrogen) atoms. The summed E-state index contributed by atoms with van der Waals surface area (Å²) in [5.74, 6) is -0.492. The average Bonchev–Trinajstić information content (AvgIpc) is 3.12. The summed E-state index contributed by atoms with van der Waals surface area (Å²) in [6, 6.07) is 8.12. The Bertz CT molecular complexity index is 1150. The number of rotatable bonds is 7. The second-order valence-electron chi connectivity index (χ2n) is 5.57. The van der Waals surface area contributed by atoms with Gasteiger partial charge in [-0.1, -0.05) is 11.6 Å². The molecule has 0 aliphatic heterocycles. The van der Waals surface area contributed by atoms with Crippen molar-refractivity contribution in [3.05, 3.63) is 64.1 Å². The van der Waals surface area contributed by atoms with Crippen LogP contribution in [-0.2, 0) is 21.4 Å². The number of nitro groups is 1. The predicted octanol–water partition coefficient (Wildman–Crippen LogP) is 1.67. The molecular formula is C15H12ClN7O5S. The number of nitrogens with zero attached hydrogens (tertiary/aromatic N) is 5. The highest BCUT2D eigenvalue weighted by atomic mass is 35.5. The van der Waals surface area contributed by atoms with E-state index in [1.807, 2.05) is 0 Å². The molecule has 0 unspecified atom stereocenters. The van der Waals surface area contributed by atoms with E-state index in [0.29, 0.717) is 5.69 Å². The van der Waals surface area contributed by atoms with E-state index in [9.17, 15) is 23.3 Å². The van der Waals surface area contributed by atoms with Crippen molar-refractivity contribution in [3.63, 3.8) is 0 Å². The molecule has 150 valence electrons. The maximum absolute atomic E-state index is 12.4. The number of hydrogen-bond donors (Lipinski definition) is 2. The molecule has 0 aliphatic carbocycles. The highest BCUT2D eigenvalue weighted by Crippen LogP contribution is 2.17. The van der Waals surface area contributed by atoms with E-state index in [1.165, 1.54) is 36.4 Å². The summed E-state index contributed by atoms with van der Waals surface area (Å²) in [7, 11) is -3.91. The van der Waals surface area contributed by atoms with Gasteiger partial charge < -0.3 is 5.32 Å². The number of hydrogen-bond acceptors (Lipinski definition) is 8. The molecule has 1 aromatic carbocycles. The van der Waals surface area contributed by atoms with Crippen LogP contribution in [0.5, 0.6) is 0 Å². The number of nitrogens with one attached hydrogen (secondary N) is 2. The summed E-state index contributed by atoms with van der Waals surface area (Å²) in [4.78, 5) is 22.0. The zero-order valence-electron chi connectivity index (χ0n) is 14.4. The van der Waals surface area contributed by atoms with Gasteiger partial charge in [0.2, 0.25) is 5.91 Å². The fourth-order valence-corrected chi connectivity index (χ4v) is 3.26. The maximum atomic E-state index is 12.4. The fraction of sp³-hybridized carbons (Fsp3) is 0.0667. The number of anilines is 2. The van der Waals surface area contributed by atoms with Crippen molar-refractivity contribution in [2.45, 2.75) is 11.4 Å². The lowest BCUT2D eigenvalue weighted by molar-refractivity contribution is -0.385. The van der Waals surface area contributed by atoms with Crippen molar-refractivity contribution in [2.75, 3.05) is 10.0 Å². The minimum absolute atomic E-state index is 0.0000883. The van der Waals surface area contributed by atoms with Crippen LogP contribution in [-0.4, -0.2) is 39.2 Å². The van der Waals surface area contributed by atoms with Crippen LogP contribution < -0.4 is 10.0 Å². The molecule has 3 aromatic rings. The first kappa shape index (κ1) is 20.2. The van der Waals surface area contributed by atoms with Crippen molar-refractivity contribution < 1.29 is 18.1 Å². The van der Waals surface area contributed by atoms with Crippen LogP contribution in [0.3, 0.4) is 0 Å². The molecule has 0 spiro atoms. The van der Waals surface area contributed by atoms with E-state index >= 15 is 0 Å². The van der Waals surface area contributed by atoms with Gasteiger partial charge in [-0.3, -0.25) is 24.3 Å². The number of carbonyl (C=O) groups excluding carboxylic acids is 1. The molecule has 2 heterocycles. The first-order valence-corrected chi connectivity index (χ1v) is 9.68. The summed E-state index contributed by atoms with van der Waals surface area (Å²) >= 11 is 5.60. The van der Waals surface area contributed by atoms with Gasteiger partial charge in [-0.2, -0.15) is 5.10 Å². The largest absolute Gasteiger partial charge is 0.324 e. The molecule has 0 aliphatic rings. The lowest BCUT2D eigenvalue weighted by Gasteiger charge is -2.09. The summed E-state index contributed by atoms with van der Waals surface area (Å²) in [5, 5.41) is 24.2. The highest BCUT2D eigenvalue weighted by Gasteiger charge is 2.16. The van der Waals surface area contributed by atoms with Gasteiger partial charge in [-0.15, -0.1) is 10.2 Å². The van der Waals surface area contributed by atoms with Crippen molar-refractivity contribution in [1.82, 2.24) is 20.0 Å². The van der Waals surface area contributed by atoms with Crippen molar-refractivity contribution in [3.8, 4) is 0 Å². The Morgan fingerprint density at radius 1 is 1.17 bits per heavy atom. The van der Waals surface area contributed by atoms with Gasteiger partial charge in [-0.05, 0) is 36.4 Å². The Morgan fingerprint density at radius 2 is 1.90 bits per heavy atom. The molecule has 0 saturated heterocycles. The molecule has 2 aromatic heterocycles.